The lowest BCUT2D eigenvalue weighted by Crippen LogP contribution is -2.03. The van der Waals surface area contributed by atoms with E-state index in [1.165, 1.54) is 4.68 Å². The quantitative estimate of drug-likeness (QED) is 0.772. The highest BCUT2D eigenvalue weighted by atomic mass is 79.9. The first-order chi connectivity index (χ1) is 8.02. The van der Waals surface area contributed by atoms with Gasteiger partial charge < -0.3 is 0 Å². The lowest BCUT2D eigenvalue weighted by atomic mass is 10.2. The average Bonchev–Trinajstić information content (AvgIpc) is 2.77. The smallest absolute Gasteiger partial charge is 0.240 e. The van der Waals surface area contributed by atoms with Crippen molar-refractivity contribution in [1.82, 2.24) is 9.78 Å². The summed E-state index contributed by atoms with van der Waals surface area (Å²) in [5.41, 5.74) is 0.770. The van der Waals surface area contributed by atoms with Gasteiger partial charge in [0.25, 0.3) is 0 Å². The molecule has 1 aromatic carbocycles. The third-order valence-corrected chi connectivity index (χ3v) is 2.90. The van der Waals surface area contributed by atoms with Crippen LogP contribution in [-0.2, 0) is 11.5 Å². The molecule has 90 valence electrons. The Morgan fingerprint density at radius 3 is 2.53 bits per heavy atom. The number of aromatic nitrogens is 2. The molecule has 0 spiro atoms. The van der Waals surface area contributed by atoms with Crippen molar-refractivity contribution < 1.29 is 13.2 Å². The van der Waals surface area contributed by atoms with E-state index in [9.17, 15) is 13.2 Å². The number of para-hydroxylation sites is 1. The lowest BCUT2D eigenvalue weighted by molar-refractivity contribution is -0.137. The van der Waals surface area contributed by atoms with Gasteiger partial charge in [0.2, 0.25) is 0 Å². The molecule has 0 aliphatic rings. The summed E-state index contributed by atoms with van der Waals surface area (Å²) < 4.78 is 38.5. The fraction of sp³-hybridized carbons (Fsp3) is 0.182. The van der Waals surface area contributed by atoms with Crippen LogP contribution in [0.15, 0.2) is 36.7 Å². The van der Waals surface area contributed by atoms with Gasteiger partial charge in [0, 0.05) is 11.5 Å². The highest BCUT2D eigenvalue weighted by Gasteiger charge is 2.32. The van der Waals surface area contributed by atoms with Gasteiger partial charge in [0.15, 0.2) is 0 Å². The molecule has 0 fully saturated rings. The summed E-state index contributed by atoms with van der Waals surface area (Å²) in [6, 6.07) is 7.15. The van der Waals surface area contributed by atoms with Crippen LogP contribution in [0.5, 0.6) is 0 Å². The summed E-state index contributed by atoms with van der Waals surface area (Å²) in [6.45, 7) is 0. The summed E-state index contributed by atoms with van der Waals surface area (Å²) in [7, 11) is 0. The van der Waals surface area contributed by atoms with Gasteiger partial charge in [-0.25, -0.2) is 4.68 Å². The van der Waals surface area contributed by atoms with E-state index >= 15 is 0 Å². The third kappa shape index (κ3) is 2.52. The zero-order chi connectivity index (χ0) is 12.5. The predicted molar refractivity (Wildman–Crippen MR) is 61.2 cm³/mol. The van der Waals surface area contributed by atoms with Crippen LogP contribution in [0.1, 0.15) is 11.1 Å². The van der Waals surface area contributed by atoms with Crippen molar-refractivity contribution in [2.45, 2.75) is 11.5 Å². The van der Waals surface area contributed by atoms with Gasteiger partial charge in [-0.15, -0.1) is 0 Å². The maximum Gasteiger partial charge on any atom is 0.419 e. The van der Waals surface area contributed by atoms with Crippen LogP contribution in [0, 0.1) is 0 Å². The standard InChI is InChI=1S/C11H8BrF3N2/c12-5-8-3-1-2-4-10(8)17-7-9(6-16-17)11(13,14)15/h1-4,6-7H,5H2. The minimum absolute atomic E-state index is 0.560. The second-order valence-corrected chi connectivity index (χ2v) is 3.99. The second-order valence-electron chi connectivity index (χ2n) is 3.43. The molecule has 17 heavy (non-hydrogen) atoms. The third-order valence-electron chi connectivity index (χ3n) is 2.29. The van der Waals surface area contributed by atoms with Crippen molar-refractivity contribution in [3.63, 3.8) is 0 Å². The highest BCUT2D eigenvalue weighted by molar-refractivity contribution is 9.08. The molecule has 2 aromatic rings. The summed E-state index contributed by atoms with van der Waals surface area (Å²) in [4.78, 5) is 0. The van der Waals surface area contributed by atoms with E-state index < -0.39 is 11.7 Å². The number of halogens is 4. The Morgan fingerprint density at radius 1 is 1.24 bits per heavy atom. The van der Waals surface area contributed by atoms with Crippen molar-refractivity contribution in [2.75, 3.05) is 0 Å². The van der Waals surface area contributed by atoms with Gasteiger partial charge in [-0.3, -0.25) is 0 Å². The van der Waals surface area contributed by atoms with E-state index in [0.717, 1.165) is 18.0 Å². The van der Waals surface area contributed by atoms with Gasteiger partial charge in [-0.05, 0) is 11.6 Å². The number of hydrogen-bond acceptors (Lipinski definition) is 1. The summed E-state index contributed by atoms with van der Waals surface area (Å²) >= 11 is 3.29. The average molecular weight is 305 g/mol. The van der Waals surface area contributed by atoms with Gasteiger partial charge in [-0.1, -0.05) is 34.1 Å². The first kappa shape index (κ1) is 12.2. The van der Waals surface area contributed by atoms with E-state index in [2.05, 4.69) is 21.0 Å². The molecule has 0 unspecified atom stereocenters. The maximum atomic E-state index is 12.4. The highest BCUT2D eigenvalue weighted by Crippen LogP contribution is 2.29. The number of rotatable bonds is 2. The Kier molecular flexibility index (Phi) is 3.24. The van der Waals surface area contributed by atoms with Crippen molar-refractivity contribution >= 4 is 15.9 Å². The van der Waals surface area contributed by atoms with Gasteiger partial charge in [-0.2, -0.15) is 18.3 Å². The Hall–Kier alpha value is -1.30. The summed E-state index contributed by atoms with van der Waals surface area (Å²) in [5.74, 6) is 0. The summed E-state index contributed by atoms with van der Waals surface area (Å²) in [6.07, 6.45) is -2.55. The Morgan fingerprint density at radius 2 is 1.94 bits per heavy atom. The molecule has 0 aliphatic carbocycles. The van der Waals surface area contributed by atoms with E-state index in [1.54, 1.807) is 12.1 Å². The molecule has 1 heterocycles. The minimum atomic E-state index is -4.36. The van der Waals surface area contributed by atoms with Gasteiger partial charge in [0.1, 0.15) is 0 Å². The zero-order valence-corrected chi connectivity index (χ0v) is 10.2. The maximum absolute atomic E-state index is 12.4. The van der Waals surface area contributed by atoms with E-state index in [1.807, 2.05) is 12.1 Å². The van der Waals surface area contributed by atoms with Gasteiger partial charge in [0.05, 0.1) is 17.4 Å². The van der Waals surface area contributed by atoms with E-state index in [4.69, 9.17) is 0 Å². The molecular formula is C11H8BrF3N2. The Labute approximate surface area is 104 Å². The van der Waals surface area contributed by atoms with Crippen LogP contribution in [0.3, 0.4) is 0 Å². The van der Waals surface area contributed by atoms with Crippen LogP contribution in [0.25, 0.3) is 5.69 Å². The fourth-order valence-corrected chi connectivity index (χ4v) is 1.92. The van der Waals surface area contributed by atoms with Crippen molar-refractivity contribution in [2.24, 2.45) is 0 Å². The van der Waals surface area contributed by atoms with Crippen molar-refractivity contribution in [1.29, 1.82) is 0 Å². The van der Waals surface area contributed by atoms with Crippen LogP contribution >= 0.6 is 15.9 Å². The topological polar surface area (TPSA) is 17.8 Å². The molecule has 0 atom stereocenters. The van der Waals surface area contributed by atoms with Crippen LogP contribution in [-0.4, -0.2) is 9.78 Å². The summed E-state index contributed by atoms with van der Waals surface area (Å²) in [5, 5.41) is 4.30. The normalized spacial score (nSPS) is 11.8. The van der Waals surface area contributed by atoms with Crippen LogP contribution < -0.4 is 0 Å². The molecule has 6 heteroatoms. The SMILES string of the molecule is FC(F)(F)c1cnn(-c2ccccc2CBr)c1. The first-order valence-electron chi connectivity index (χ1n) is 4.78. The number of nitrogens with zero attached hydrogens (tertiary/aromatic N) is 2. The zero-order valence-electron chi connectivity index (χ0n) is 8.58. The van der Waals surface area contributed by atoms with E-state index in [0.29, 0.717) is 11.0 Å². The molecule has 1 aromatic heterocycles. The van der Waals surface area contributed by atoms with E-state index in [-0.39, 0.29) is 0 Å². The van der Waals surface area contributed by atoms with Crippen LogP contribution in [0.2, 0.25) is 0 Å². The first-order valence-corrected chi connectivity index (χ1v) is 5.90. The lowest BCUT2D eigenvalue weighted by Gasteiger charge is -2.06. The molecule has 0 N–H and O–H groups in total. The molecule has 0 aliphatic heterocycles. The largest absolute Gasteiger partial charge is 0.419 e. The number of benzene rings is 1. The second kappa shape index (κ2) is 4.52. The molecule has 2 rings (SSSR count). The van der Waals surface area contributed by atoms with Gasteiger partial charge >= 0.3 is 6.18 Å². The van der Waals surface area contributed by atoms with Crippen molar-refractivity contribution in [3.8, 4) is 5.69 Å². The number of alkyl halides is 4. The number of hydrogen-bond donors (Lipinski definition) is 0. The molecule has 0 radical (unpaired) electrons. The monoisotopic (exact) mass is 304 g/mol. The molecule has 0 saturated heterocycles. The fourth-order valence-electron chi connectivity index (χ4n) is 1.45. The predicted octanol–water partition coefficient (Wildman–Crippen LogP) is 3.79. The van der Waals surface area contributed by atoms with Crippen LogP contribution in [0.4, 0.5) is 13.2 Å². The molecule has 0 amide bonds. The molecule has 0 bridgehead atoms. The Balaban J connectivity index is 2.44. The minimum Gasteiger partial charge on any atom is -0.240 e. The molecular weight excluding hydrogens is 297 g/mol. The Bertz CT molecular complexity index is 519. The molecule has 2 nitrogen and oxygen atoms in total. The molecule has 0 saturated carbocycles. The van der Waals surface area contributed by atoms with Crippen molar-refractivity contribution in [3.05, 3.63) is 47.8 Å².